The second-order valence-corrected chi connectivity index (χ2v) is 5.87. The molecule has 0 aliphatic heterocycles. The molecule has 22 heavy (non-hydrogen) atoms. The Labute approximate surface area is 127 Å². The lowest BCUT2D eigenvalue weighted by atomic mass is 9.88. The highest BCUT2D eigenvalue weighted by Crippen LogP contribution is 2.40. The number of hydrogen-bond acceptors (Lipinski definition) is 1. The summed E-state index contributed by atoms with van der Waals surface area (Å²) >= 11 is 0. The Morgan fingerprint density at radius 3 is 1.77 bits per heavy atom. The molecule has 0 aliphatic rings. The fourth-order valence-corrected chi connectivity index (χ4v) is 3.84. The molecule has 1 nitrogen and oxygen atoms in total. The summed E-state index contributed by atoms with van der Waals surface area (Å²) in [5.41, 5.74) is 0.993. The predicted molar refractivity (Wildman–Crippen MR) is 93.6 cm³/mol. The largest absolute Gasteiger partial charge is 0.392 e. The first-order chi connectivity index (χ1) is 10.9. The van der Waals surface area contributed by atoms with Crippen molar-refractivity contribution in [3.63, 3.8) is 0 Å². The summed E-state index contributed by atoms with van der Waals surface area (Å²) in [7, 11) is 0. The van der Waals surface area contributed by atoms with Crippen molar-refractivity contribution >= 4 is 43.1 Å². The molecule has 5 aromatic carbocycles. The third-order valence-corrected chi connectivity index (χ3v) is 4.79. The first-order valence-corrected chi connectivity index (χ1v) is 7.56. The summed E-state index contributed by atoms with van der Waals surface area (Å²) in [4.78, 5) is 0. The van der Waals surface area contributed by atoms with Gasteiger partial charge in [0.1, 0.15) is 0 Å². The summed E-state index contributed by atoms with van der Waals surface area (Å²) in [5, 5.41) is 19.8. The topological polar surface area (TPSA) is 20.2 Å². The van der Waals surface area contributed by atoms with Gasteiger partial charge in [-0.15, -0.1) is 0 Å². The number of fused-ring (bicyclic) bond motifs is 2. The predicted octanol–water partition coefficient (Wildman–Crippen LogP) is 5.23. The van der Waals surface area contributed by atoms with Gasteiger partial charge in [-0.25, -0.2) is 0 Å². The van der Waals surface area contributed by atoms with Gasteiger partial charge in [-0.2, -0.15) is 0 Å². The number of aliphatic hydroxyl groups is 1. The van der Waals surface area contributed by atoms with E-state index in [1.54, 1.807) is 0 Å². The molecule has 1 N–H and O–H groups in total. The monoisotopic (exact) mass is 282 g/mol. The van der Waals surface area contributed by atoms with Crippen LogP contribution >= 0.6 is 0 Å². The number of benzene rings is 5. The summed E-state index contributed by atoms with van der Waals surface area (Å²) in [6.45, 7) is 0.0755. The second-order valence-electron chi connectivity index (χ2n) is 5.87. The van der Waals surface area contributed by atoms with Crippen LogP contribution in [0.15, 0.2) is 66.7 Å². The Kier molecular flexibility index (Phi) is 2.28. The van der Waals surface area contributed by atoms with Crippen molar-refractivity contribution < 1.29 is 5.11 Å². The minimum atomic E-state index is 0.0755. The summed E-state index contributed by atoms with van der Waals surface area (Å²) in [6, 6.07) is 23.6. The Balaban J connectivity index is 2.23. The van der Waals surface area contributed by atoms with E-state index < -0.39 is 0 Å². The van der Waals surface area contributed by atoms with E-state index in [9.17, 15) is 5.11 Å². The normalized spacial score (nSPS) is 12.0. The van der Waals surface area contributed by atoms with E-state index >= 15 is 0 Å². The van der Waals surface area contributed by atoms with Crippen LogP contribution in [0.2, 0.25) is 0 Å². The maximum Gasteiger partial charge on any atom is 0.0687 e. The van der Waals surface area contributed by atoms with Gasteiger partial charge in [0.25, 0.3) is 0 Å². The van der Waals surface area contributed by atoms with E-state index in [2.05, 4.69) is 60.7 Å². The van der Waals surface area contributed by atoms with Gasteiger partial charge in [-0.3, -0.25) is 0 Å². The van der Waals surface area contributed by atoms with Crippen LogP contribution in [-0.4, -0.2) is 5.11 Å². The van der Waals surface area contributed by atoms with Crippen LogP contribution in [0, 0.1) is 0 Å². The van der Waals surface area contributed by atoms with Crippen molar-refractivity contribution in [1.82, 2.24) is 0 Å². The molecule has 0 fully saturated rings. The highest BCUT2D eigenvalue weighted by Gasteiger charge is 2.13. The van der Waals surface area contributed by atoms with Crippen LogP contribution in [0.3, 0.4) is 0 Å². The van der Waals surface area contributed by atoms with Crippen LogP contribution in [0.5, 0.6) is 0 Å². The zero-order chi connectivity index (χ0) is 14.7. The first-order valence-electron chi connectivity index (χ1n) is 7.56. The molecule has 0 aliphatic carbocycles. The lowest BCUT2D eigenvalue weighted by Crippen LogP contribution is -1.90. The van der Waals surface area contributed by atoms with Crippen molar-refractivity contribution in [2.24, 2.45) is 0 Å². The Bertz CT molecular complexity index is 1100. The lowest BCUT2D eigenvalue weighted by molar-refractivity contribution is 0.283. The van der Waals surface area contributed by atoms with Crippen LogP contribution in [-0.2, 0) is 6.61 Å². The molecule has 0 bridgehead atoms. The molecule has 0 unspecified atom stereocenters. The van der Waals surface area contributed by atoms with Crippen LogP contribution in [0.4, 0.5) is 0 Å². The van der Waals surface area contributed by atoms with Crippen molar-refractivity contribution in [1.29, 1.82) is 0 Å². The molecule has 5 rings (SSSR count). The number of aliphatic hydroxyl groups excluding tert-OH is 1. The van der Waals surface area contributed by atoms with Crippen molar-refractivity contribution in [3.05, 3.63) is 72.3 Å². The van der Waals surface area contributed by atoms with E-state index in [0.717, 1.165) is 10.9 Å². The van der Waals surface area contributed by atoms with Crippen LogP contribution in [0.25, 0.3) is 43.1 Å². The summed E-state index contributed by atoms with van der Waals surface area (Å²) in [6.07, 6.45) is 0. The Morgan fingerprint density at radius 1 is 0.545 bits per heavy atom. The maximum atomic E-state index is 9.66. The molecule has 0 saturated heterocycles. The van der Waals surface area contributed by atoms with Gasteiger partial charge in [0.2, 0.25) is 0 Å². The third kappa shape index (κ3) is 1.36. The molecule has 0 aromatic heterocycles. The Morgan fingerprint density at radius 2 is 1.09 bits per heavy atom. The zero-order valence-electron chi connectivity index (χ0n) is 12.0. The van der Waals surface area contributed by atoms with Crippen LogP contribution in [0.1, 0.15) is 5.56 Å². The molecular formula is C21H14O. The fourth-order valence-electron chi connectivity index (χ4n) is 3.84. The molecule has 104 valence electrons. The smallest absolute Gasteiger partial charge is 0.0687 e. The molecule has 0 amide bonds. The standard InChI is InChI=1S/C21H14O/c22-12-14-10-11-19-17-8-2-5-13-4-1-7-16(20(13)17)18-9-3-6-15(14)21(18)19/h1-11,22H,12H2. The number of hydrogen-bond donors (Lipinski definition) is 1. The quantitative estimate of drug-likeness (QED) is 0.330. The molecule has 0 spiro atoms. The molecule has 0 radical (unpaired) electrons. The van der Waals surface area contributed by atoms with Crippen molar-refractivity contribution in [2.75, 3.05) is 0 Å². The van der Waals surface area contributed by atoms with E-state index in [1.807, 2.05) is 6.07 Å². The second kappa shape index (κ2) is 4.19. The summed E-state index contributed by atoms with van der Waals surface area (Å²) < 4.78 is 0. The van der Waals surface area contributed by atoms with Crippen molar-refractivity contribution in [2.45, 2.75) is 6.61 Å². The number of rotatable bonds is 1. The zero-order valence-corrected chi connectivity index (χ0v) is 12.0. The van der Waals surface area contributed by atoms with Gasteiger partial charge in [0, 0.05) is 0 Å². The molecule has 0 saturated carbocycles. The van der Waals surface area contributed by atoms with E-state index in [-0.39, 0.29) is 6.61 Å². The minimum absolute atomic E-state index is 0.0755. The van der Waals surface area contributed by atoms with Gasteiger partial charge in [-0.05, 0) is 48.7 Å². The minimum Gasteiger partial charge on any atom is -0.392 e. The first kappa shape index (κ1) is 12.0. The van der Waals surface area contributed by atoms with E-state index in [1.165, 1.54) is 37.7 Å². The average Bonchev–Trinajstić information content (AvgIpc) is 2.59. The van der Waals surface area contributed by atoms with Crippen molar-refractivity contribution in [3.8, 4) is 0 Å². The highest BCUT2D eigenvalue weighted by atomic mass is 16.3. The third-order valence-electron chi connectivity index (χ3n) is 4.79. The molecular weight excluding hydrogens is 268 g/mol. The lowest BCUT2D eigenvalue weighted by Gasteiger charge is -2.15. The fraction of sp³-hybridized carbons (Fsp3) is 0.0476. The highest BCUT2D eigenvalue weighted by molar-refractivity contribution is 6.33. The Hall–Kier alpha value is -2.64. The SMILES string of the molecule is OCc1ccc2c3cccc4cccc(c5cccc1c52)c43. The van der Waals surface area contributed by atoms with Gasteiger partial charge >= 0.3 is 0 Å². The molecule has 5 aromatic rings. The van der Waals surface area contributed by atoms with Crippen LogP contribution < -0.4 is 0 Å². The molecule has 0 heterocycles. The summed E-state index contributed by atoms with van der Waals surface area (Å²) in [5.74, 6) is 0. The molecule has 1 heteroatoms. The van der Waals surface area contributed by atoms with Gasteiger partial charge in [0.05, 0.1) is 6.61 Å². The van der Waals surface area contributed by atoms with Gasteiger partial charge in [0.15, 0.2) is 0 Å². The van der Waals surface area contributed by atoms with Gasteiger partial charge < -0.3 is 5.11 Å². The maximum absolute atomic E-state index is 9.66. The molecule has 0 atom stereocenters. The average molecular weight is 282 g/mol. The van der Waals surface area contributed by atoms with E-state index in [0.29, 0.717) is 0 Å². The van der Waals surface area contributed by atoms with Gasteiger partial charge in [-0.1, -0.05) is 66.7 Å². The van der Waals surface area contributed by atoms with E-state index in [4.69, 9.17) is 0 Å².